The molecule has 16 heavy (non-hydrogen) atoms. The number of ether oxygens (including phenoxy) is 1. The van der Waals surface area contributed by atoms with Crippen molar-refractivity contribution in [3.63, 3.8) is 0 Å². The highest BCUT2D eigenvalue weighted by Gasteiger charge is 2.16. The van der Waals surface area contributed by atoms with E-state index in [1.165, 1.54) is 4.88 Å². The quantitative estimate of drug-likeness (QED) is 0.849. The summed E-state index contributed by atoms with van der Waals surface area (Å²) in [7, 11) is 1.66. The van der Waals surface area contributed by atoms with Crippen LogP contribution in [0.2, 0.25) is 0 Å². The van der Waals surface area contributed by atoms with Crippen molar-refractivity contribution in [3.05, 3.63) is 15.4 Å². The summed E-state index contributed by atoms with van der Waals surface area (Å²) < 4.78 is 6.17. The lowest BCUT2D eigenvalue weighted by atomic mass is 10.0. The van der Waals surface area contributed by atoms with Gasteiger partial charge in [-0.25, -0.2) is 0 Å². The number of methoxy groups -OCH3 is 1. The number of rotatable bonds is 6. The van der Waals surface area contributed by atoms with E-state index in [-0.39, 0.29) is 0 Å². The van der Waals surface area contributed by atoms with Gasteiger partial charge in [0.25, 0.3) is 0 Å². The zero-order valence-corrected chi connectivity index (χ0v) is 12.2. The Kier molecular flexibility index (Phi) is 5.24. The minimum Gasteiger partial charge on any atom is -0.486 e. The summed E-state index contributed by atoms with van der Waals surface area (Å²) >= 11 is 5.04. The maximum atomic E-state index is 9.81. The van der Waals surface area contributed by atoms with Crippen LogP contribution in [0, 0.1) is 0 Å². The number of halogens is 1. The van der Waals surface area contributed by atoms with Crippen molar-refractivity contribution < 1.29 is 9.84 Å². The van der Waals surface area contributed by atoms with Crippen molar-refractivity contribution in [1.29, 1.82) is 0 Å². The maximum absolute atomic E-state index is 9.81. The molecule has 1 unspecified atom stereocenters. The Hall–Kier alpha value is -0.100. The van der Waals surface area contributed by atoms with Crippen molar-refractivity contribution in [1.82, 2.24) is 5.32 Å². The summed E-state index contributed by atoms with van der Waals surface area (Å²) in [5.41, 5.74) is -0.626. The van der Waals surface area contributed by atoms with Gasteiger partial charge in [0, 0.05) is 18.0 Å². The van der Waals surface area contributed by atoms with Gasteiger partial charge in [-0.1, -0.05) is 6.92 Å². The molecule has 5 heteroatoms. The molecule has 0 amide bonds. The van der Waals surface area contributed by atoms with Crippen LogP contribution in [0.5, 0.6) is 5.06 Å². The SMILES string of the molecule is CCC(C)(O)CNCc1cc(Br)c(OC)s1. The van der Waals surface area contributed by atoms with Crippen molar-refractivity contribution in [2.24, 2.45) is 0 Å². The average Bonchev–Trinajstić information content (AvgIpc) is 2.59. The van der Waals surface area contributed by atoms with Crippen molar-refractivity contribution in [3.8, 4) is 5.06 Å². The average molecular weight is 308 g/mol. The van der Waals surface area contributed by atoms with Gasteiger partial charge >= 0.3 is 0 Å². The Labute approximate surface area is 109 Å². The van der Waals surface area contributed by atoms with Gasteiger partial charge in [-0.05, 0) is 35.3 Å². The molecule has 0 aromatic carbocycles. The molecule has 0 saturated carbocycles. The van der Waals surface area contributed by atoms with Crippen LogP contribution in [-0.2, 0) is 6.54 Å². The smallest absolute Gasteiger partial charge is 0.188 e. The zero-order valence-electron chi connectivity index (χ0n) is 9.84. The van der Waals surface area contributed by atoms with Crippen LogP contribution in [0.3, 0.4) is 0 Å². The summed E-state index contributed by atoms with van der Waals surface area (Å²) in [4.78, 5) is 1.19. The van der Waals surface area contributed by atoms with Crippen LogP contribution >= 0.6 is 27.3 Å². The Bertz CT molecular complexity index is 339. The predicted octanol–water partition coefficient (Wildman–Crippen LogP) is 2.77. The first-order valence-electron chi connectivity index (χ1n) is 5.24. The third-order valence-corrected chi connectivity index (χ3v) is 4.41. The highest BCUT2D eigenvalue weighted by atomic mass is 79.9. The highest BCUT2D eigenvalue weighted by Crippen LogP contribution is 2.34. The molecule has 0 aliphatic heterocycles. The summed E-state index contributed by atoms with van der Waals surface area (Å²) in [5, 5.41) is 13.9. The summed E-state index contributed by atoms with van der Waals surface area (Å²) in [6.45, 7) is 5.17. The van der Waals surface area contributed by atoms with Crippen LogP contribution in [0.15, 0.2) is 10.5 Å². The van der Waals surface area contributed by atoms with Crippen molar-refractivity contribution in [2.45, 2.75) is 32.4 Å². The maximum Gasteiger partial charge on any atom is 0.188 e. The predicted molar refractivity (Wildman–Crippen MR) is 71.2 cm³/mol. The molecule has 0 fully saturated rings. The summed E-state index contributed by atoms with van der Waals surface area (Å²) in [6.07, 6.45) is 0.747. The minimum absolute atomic E-state index is 0.599. The molecular weight excluding hydrogens is 290 g/mol. The van der Waals surface area contributed by atoms with E-state index < -0.39 is 5.60 Å². The number of thiophene rings is 1. The third kappa shape index (κ3) is 4.05. The number of hydrogen-bond acceptors (Lipinski definition) is 4. The van der Waals surface area contributed by atoms with Crippen molar-refractivity contribution in [2.75, 3.05) is 13.7 Å². The molecule has 2 N–H and O–H groups in total. The molecule has 1 rings (SSSR count). The van der Waals surface area contributed by atoms with E-state index in [4.69, 9.17) is 4.74 Å². The summed E-state index contributed by atoms with van der Waals surface area (Å²) in [5.74, 6) is 0. The first-order valence-corrected chi connectivity index (χ1v) is 6.84. The van der Waals surface area contributed by atoms with Crippen LogP contribution < -0.4 is 10.1 Å². The second-order valence-electron chi connectivity index (χ2n) is 4.01. The van der Waals surface area contributed by atoms with Crippen LogP contribution in [0.25, 0.3) is 0 Å². The second kappa shape index (κ2) is 6.00. The van der Waals surface area contributed by atoms with E-state index >= 15 is 0 Å². The van der Waals surface area contributed by atoms with Crippen molar-refractivity contribution >= 4 is 27.3 Å². The highest BCUT2D eigenvalue weighted by molar-refractivity contribution is 9.10. The normalized spacial score (nSPS) is 14.8. The van der Waals surface area contributed by atoms with Gasteiger partial charge in [-0.2, -0.15) is 0 Å². The van der Waals surface area contributed by atoms with E-state index in [9.17, 15) is 5.11 Å². The second-order valence-corrected chi connectivity index (χ2v) is 5.96. The Morgan fingerprint density at radius 3 is 2.81 bits per heavy atom. The van der Waals surface area contributed by atoms with Gasteiger partial charge < -0.3 is 15.2 Å². The number of aliphatic hydroxyl groups is 1. The van der Waals surface area contributed by atoms with Crippen LogP contribution in [0.1, 0.15) is 25.1 Å². The molecular formula is C11H18BrNO2S. The number of nitrogens with one attached hydrogen (secondary N) is 1. The first-order chi connectivity index (χ1) is 7.48. The first kappa shape index (κ1) is 14.0. The van der Waals surface area contributed by atoms with Gasteiger partial charge in [0.2, 0.25) is 0 Å². The fourth-order valence-electron chi connectivity index (χ4n) is 1.20. The molecule has 0 radical (unpaired) electrons. The van der Waals surface area contributed by atoms with Crippen LogP contribution in [0.4, 0.5) is 0 Å². The standard InChI is InChI=1S/C11H18BrNO2S/c1-4-11(2,14)7-13-6-8-5-9(12)10(15-3)16-8/h5,13-14H,4,6-7H2,1-3H3. The molecule has 0 spiro atoms. The van der Waals surface area contributed by atoms with E-state index in [1.54, 1.807) is 18.4 Å². The zero-order chi connectivity index (χ0) is 12.2. The molecule has 3 nitrogen and oxygen atoms in total. The third-order valence-electron chi connectivity index (χ3n) is 2.46. The lowest BCUT2D eigenvalue weighted by molar-refractivity contribution is 0.0556. The Morgan fingerprint density at radius 1 is 1.62 bits per heavy atom. The van der Waals surface area contributed by atoms with E-state index in [0.717, 1.165) is 22.5 Å². The van der Waals surface area contributed by atoms with Gasteiger partial charge in [-0.3, -0.25) is 0 Å². The lowest BCUT2D eigenvalue weighted by Gasteiger charge is -2.21. The molecule has 0 aliphatic carbocycles. The molecule has 1 heterocycles. The molecule has 92 valence electrons. The van der Waals surface area contributed by atoms with Gasteiger partial charge in [-0.15, -0.1) is 11.3 Å². The molecule has 1 aromatic heterocycles. The topological polar surface area (TPSA) is 41.5 Å². The van der Waals surface area contributed by atoms with E-state index in [0.29, 0.717) is 6.54 Å². The van der Waals surface area contributed by atoms with E-state index in [1.807, 2.05) is 19.9 Å². The van der Waals surface area contributed by atoms with Crippen LogP contribution in [-0.4, -0.2) is 24.4 Å². The minimum atomic E-state index is -0.626. The molecule has 0 aliphatic rings. The van der Waals surface area contributed by atoms with Gasteiger partial charge in [0.15, 0.2) is 5.06 Å². The Morgan fingerprint density at radius 2 is 2.31 bits per heavy atom. The Balaban J connectivity index is 2.43. The van der Waals surface area contributed by atoms with Gasteiger partial charge in [0.05, 0.1) is 17.2 Å². The monoisotopic (exact) mass is 307 g/mol. The summed E-state index contributed by atoms with van der Waals surface area (Å²) in [6, 6.07) is 2.04. The van der Waals surface area contributed by atoms with Gasteiger partial charge in [0.1, 0.15) is 0 Å². The molecule has 1 aromatic rings. The molecule has 1 atom stereocenters. The molecule has 0 saturated heterocycles. The fourth-order valence-corrected chi connectivity index (χ4v) is 2.87. The largest absolute Gasteiger partial charge is 0.486 e. The molecule has 0 bridgehead atoms. The lowest BCUT2D eigenvalue weighted by Crippen LogP contribution is -2.36. The number of hydrogen-bond donors (Lipinski definition) is 2. The fraction of sp³-hybridized carbons (Fsp3) is 0.636. The van der Waals surface area contributed by atoms with E-state index in [2.05, 4.69) is 21.2 Å².